The van der Waals surface area contributed by atoms with E-state index in [1.807, 2.05) is 39.1 Å². The van der Waals surface area contributed by atoms with Gasteiger partial charge >= 0.3 is 0 Å². The van der Waals surface area contributed by atoms with Crippen LogP contribution in [-0.4, -0.2) is 33.6 Å². The number of aryl methyl sites for hydroxylation is 1. The van der Waals surface area contributed by atoms with E-state index in [4.69, 9.17) is 5.11 Å². The number of hydrogen-bond donors (Lipinski definition) is 2. The highest BCUT2D eigenvalue weighted by atomic mass is 16.3. The first-order valence-corrected chi connectivity index (χ1v) is 6.76. The Balaban J connectivity index is 2.14. The fraction of sp³-hybridized carbons (Fsp3) is 0.467. The molecule has 0 aliphatic rings. The van der Waals surface area contributed by atoms with Crippen LogP contribution in [0.3, 0.4) is 0 Å². The van der Waals surface area contributed by atoms with E-state index in [2.05, 4.69) is 10.3 Å². The monoisotopic (exact) mass is 275 g/mol. The van der Waals surface area contributed by atoms with Crippen LogP contribution in [0.25, 0.3) is 5.65 Å². The number of aliphatic hydroxyl groups excluding tert-OH is 1. The summed E-state index contributed by atoms with van der Waals surface area (Å²) in [7, 11) is 0. The molecule has 2 rings (SSSR count). The van der Waals surface area contributed by atoms with Crippen molar-refractivity contribution < 1.29 is 9.90 Å². The number of aliphatic hydroxyl groups is 1. The zero-order valence-electron chi connectivity index (χ0n) is 12.2. The van der Waals surface area contributed by atoms with Crippen molar-refractivity contribution in [2.24, 2.45) is 5.41 Å². The third-order valence-electron chi connectivity index (χ3n) is 3.40. The van der Waals surface area contributed by atoms with Crippen LogP contribution < -0.4 is 5.32 Å². The average Bonchev–Trinajstić information content (AvgIpc) is 2.79. The summed E-state index contributed by atoms with van der Waals surface area (Å²) < 4.78 is 1.80. The summed E-state index contributed by atoms with van der Waals surface area (Å²) in [6, 6.07) is 3.86. The predicted molar refractivity (Wildman–Crippen MR) is 77.7 cm³/mol. The molecule has 0 spiro atoms. The standard InChI is InChI=1S/C15H21N3O2/c1-11-4-5-13-16-8-12(18(13)9-11)14(20)17-10-15(2,3)6-7-19/h4-5,8-9,19H,6-7,10H2,1-3H3,(H,17,20). The van der Waals surface area contributed by atoms with Crippen LogP contribution in [0.5, 0.6) is 0 Å². The lowest BCUT2D eigenvalue weighted by Crippen LogP contribution is -2.35. The number of imidazole rings is 1. The number of hydrogen-bond acceptors (Lipinski definition) is 3. The molecule has 20 heavy (non-hydrogen) atoms. The number of amides is 1. The molecule has 2 aromatic heterocycles. The van der Waals surface area contributed by atoms with Gasteiger partial charge in [-0.3, -0.25) is 9.20 Å². The van der Waals surface area contributed by atoms with Gasteiger partial charge in [-0.25, -0.2) is 4.98 Å². The summed E-state index contributed by atoms with van der Waals surface area (Å²) >= 11 is 0. The van der Waals surface area contributed by atoms with E-state index in [0.29, 0.717) is 18.7 Å². The summed E-state index contributed by atoms with van der Waals surface area (Å²) in [6.07, 6.45) is 4.14. The number of fused-ring (bicyclic) bond motifs is 1. The van der Waals surface area contributed by atoms with Gasteiger partial charge in [-0.05, 0) is 30.4 Å². The molecule has 0 saturated carbocycles. The van der Waals surface area contributed by atoms with Gasteiger partial charge < -0.3 is 10.4 Å². The second kappa shape index (κ2) is 5.63. The third kappa shape index (κ3) is 3.17. The molecule has 5 heteroatoms. The quantitative estimate of drug-likeness (QED) is 0.874. The van der Waals surface area contributed by atoms with Crippen molar-refractivity contribution in [3.8, 4) is 0 Å². The Morgan fingerprint density at radius 1 is 1.45 bits per heavy atom. The van der Waals surface area contributed by atoms with E-state index in [0.717, 1.165) is 11.2 Å². The normalized spacial score (nSPS) is 11.8. The van der Waals surface area contributed by atoms with Gasteiger partial charge in [0.05, 0.1) is 6.20 Å². The lowest BCUT2D eigenvalue weighted by atomic mass is 9.90. The average molecular weight is 275 g/mol. The van der Waals surface area contributed by atoms with Crippen molar-refractivity contribution in [1.82, 2.24) is 14.7 Å². The molecule has 5 nitrogen and oxygen atoms in total. The Morgan fingerprint density at radius 3 is 2.90 bits per heavy atom. The Hall–Kier alpha value is -1.88. The number of nitrogens with one attached hydrogen (secondary N) is 1. The minimum atomic E-state index is -0.144. The third-order valence-corrected chi connectivity index (χ3v) is 3.40. The molecule has 0 atom stereocenters. The molecule has 0 bridgehead atoms. The van der Waals surface area contributed by atoms with Crippen molar-refractivity contribution >= 4 is 11.6 Å². The van der Waals surface area contributed by atoms with Gasteiger partial charge in [-0.2, -0.15) is 0 Å². The molecule has 0 fully saturated rings. The van der Waals surface area contributed by atoms with E-state index in [1.165, 1.54) is 0 Å². The molecule has 0 aliphatic heterocycles. The molecule has 2 aromatic rings. The van der Waals surface area contributed by atoms with Crippen molar-refractivity contribution in [1.29, 1.82) is 0 Å². The van der Waals surface area contributed by atoms with Crippen LogP contribution in [0, 0.1) is 12.3 Å². The van der Waals surface area contributed by atoms with Crippen molar-refractivity contribution in [2.75, 3.05) is 13.2 Å². The van der Waals surface area contributed by atoms with Crippen LogP contribution >= 0.6 is 0 Å². The number of carbonyl (C=O) groups excluding carboxylic acids is 1. The van der Waals surface area contributed by atoms with E-state index in [1.54, 1.807) is 10.6 Å². The lowest BCUT2D eigenvalue weighted by molar-refractivity contribution is 0.0922. The lowest BCUT2D eigenvalue weighted by Gasteiger charge is -2.23. The maximum Gasteiger partial charge on any atom is 0.269 e. The Kier molecular flexibility index (Phi) is 4.09. The first-order chi connectivity index (χ1) is 9.43. The fourth-order valence-corrected chi connectivity index (χ4v) is 2.06. The van der Waals surface area contributed by atoms with Gasteiger partial charge in [0.25, 0.3) is 5.91 Å². The Morgan fingerprint density at radius 2 is 2.20 bits per heavy atom. The maximum absolute atomic E-state index is 12.2. The first kappa shape index (κ1) is 14.5. The second-order valence-electron chi connectivity index (χ2n) is 5.90. The van der Waals surface area contributed by atoms with Crippen molar-refractivity contribution in [3.05, 3.63) is 35.8 Å². The van der Waals surface area contributed by atoms with Crippen LogP contribution in [-0.2, 0) is 0 Å². The van der Waals surface area contributed by atoms with E-state index >= 15 is 0 Å². The van der Waals surface area contributed by atoms with Gasteiger partial charge in [0.2, 0.25) is 0 Å². The highest BCUT2D eigenvalue weighted by molar-refractivity contribution is 5.93. The number of carbonyl (C=O) groups is 1. The summed E-state index contributed by atoms with van der Waals surface area (Å²) in [5.74, 6) is -0.144. The first-order valence-electron chi connectivity index (χ1n) is 6.76. The Labute approximate surface area is 118 Å². The number of aromatic nitrogens is 2. The minimum Gasteiger partial charge on any atom is -0.396 e. The molecule has 0 radical (unpaired) electrons. The van der Waals surface area contributed by atoms with Crippen molar-refractivity contribution in [2.45, 2.75) is 27.2 Å². The van der Waals surface area contributed by atoms with Gasteiger partial charge in [0.1, 0.15) is 11.3 Å². The topological polar surface area (TPSA) is 66.6 Å². The predicted octanol–water partition coefficient (Wildman–Crippen LogP) is 1.78. The number of nitrogens with zero attached hydrogens (tertiary/aromatic N) is 2. The zero-order valence-corrected chi connectivity index (χ0v) is 12.2. The van der Waals surface area contributed by atoms with Crippen LogP contribution in [0.1, 0.15) is 36.3 Å². The molecule has 2 heterocycles. The molecule has 0 aromatic carbocycles. The largest absolute Gasteiger partial charge is 0.396 e. The van der Waals surface area contributed by atoms with Gasteiger partial charge in [-0.1, -0.05) is 19.9 Å². The fourth-order valence-electron chi connectivity index (χ4n) is 2.06. The summed E-state index contributed by atoms with van der Waals surface area (Å²) in [6.45, 7) is 6.65. The molecule has 1 amide bonds. The maximum atomic E-state index is 12.2. The summed E-state index contributed by atoms with van der Waals surface area (Å²) in [5.41, 5.74) is 2.24. The smallest absolute Gasteiger partial charge is 0.269 e. The number of rotatable bonds is 5. The number of pyridine rings is 1. The molecular weight excluding hydrogens is 254 g/mol. The Bertz CT molecular complexity index is 617. The van der Waals surface area contributed by atoms with E-state index in [-0.39, 0.29) is 17.9 Å². The SMILES string of the molecule is Cc1ccc2ncc(C(=O)NCC(C)(C)CCO)n2c1. The molecule has 0 aliphatic carbocycles. The highest BCUT2D eigenvalue weighted by Gasteiger charge is 2.20. The van der Waals surface area contributed by atoms with Crippen LogP contribution in [0.2, 0.25) is 0 Å². The van der Waals surface area contributed by atoms with Gasteiger partial charge in [-0.15, -0.1) is 0 Å². The van der Waals surface area contributed by atoms with E-state index in [9.17, 15) is 4.79 Å². The molecule has 2 N–H and O–H groups in total. The minimum absolute atomic E-state index is 0.123. The van der Waals surface area contributed by atoms with Crippen LogP contribution in [0.4, 0.5) is 0 Å². The molecule has 0 unspecified atom stereocenters. The molecular formula is C15H21N3O2. The van der Waals surface area contributed by atoms with Crippen molar-refractivity contribution in [3.63, 3.8) is 0 Å². The van der Waals surface area contributed by atoms with Gasteiger partial charge in [0, 0.05) is 19.3 Å². The second-order valence-corrected chi connectivity index (χ2v) is 5.90. The molecule has 108 valence electrons. The van der Waals surface area contributed by atoms with E-state index < -0.39 is 0 Å². The summed E-state index contributed by atoms with van der Waals surface area (Å²) in [5, 5.41) is 11.9. The molecule has 0 saturated heterocycles. The van der Waals surface area contributed by atoms with Crippen LogP contribution in [0.15, 0.2) is 24.5 Å². The summed E-state index contributed by atoms with van der Waals surface area (Å²) in [4.78, 5) is 16.5. The highest BCUT2D eigenvalue weighted by Crippen LogP contribution is 2.18. The van der Waals surface area contributed by atoms with Gasteiger partial charge in [0.15, 0.2) is 0 Å². The zero-order chi connectivity index (χ0) is 14.8.